The number of fused-ring (bicyclic) bond motifs is 5. The summed E-state index contributed by atoms with van der Waals surface area (Å²) in [6, 6.07) is 0. The molecule has 150 valence electrons. The van der Waals surface area contributed by atoms with Gasteiger partial charge in [-0.3, -0.25) is 14.4 Å². The van der Waals surface area contributed by atoms with Crippen LogP contribution >= 0.6 is 0 Å². The minimum absolute atomic E-state index is 0.0237. The van der Waals surface area contributed by atoms with Crippen molar-refractivity contribution in [2.75, 3.05) is 0 Å². The van der Waals surface area contributed by atoms with Crippen LogP contribution in [0.3, 0.4) is 0 Å². The lowest BCUT2D eigenvalue weighted by Gasteiger charge is -2.56. The molecule has 4 aliphatic carbocycles. The van der Waals surface area contributed by atoms with Crippen molar-refractivity contribution in [2.24, 2.45) is 34.0 Å². The number of carbonyl (C=O) groups is 3. The van der Waals surface area contributed by atoms with Gasteiger partial charge in [-0.05, 0) is 80.4 Å². The molecule has 2 saturated carbocycles. The molecule has 4 rings (SSSR count). The van der Waals surface area contributed by atoms with Crippen LogP contribution in [0.2, 0.25) is 0 Å². The van der Waals surface area contributed by atoms with Crippen molar-refractivity contribution >= 4 is 17.5 Å². The molecule has 6 atom stereocenters. The number of allylic oxidation sites excluding steroid dienone is 6. The second-order valence-electron chi connectivity index (χ2n) is 9.92. The highest BCUT2D eigenvalue weighted by atomic mass is 16.4. The topological polar surface area (TPSA) is 71.4 Å². The Morgan fingerprint density at radius 2 is 1.96 bits per heavy atom. The van der Waals surface area contributed by atoms with Crippen molar-refractivity contribution in [1.29, 1.82) is 0 Å². The predicted molar refractivity (Wildman–Crippen MR) is 107 cm³/mol. The first-order chi connectivity index (χ1) is 13.0. The number of Topliss-reactive ketones (excluding diaryl/α,β-unsaturated/α-hetero) is 1. The maximum absolute atomic E-state index is 12.8. The Bertz CT molecular complexity index is 862. The lowest BCUT2D eigenvalue weighted by Crippen LogP contribution is -2.51. The second kappa shape index (κ2) is 6.01. The molecule has 28 heavy (non-hydrogen) atoms. The fourth-order valence-electron chi connectivity index (χ4n) is 7.30. The van der Waals surface area contributed by atoms with Crippen LogP contribution in [0, 0.1) is 34.0 Å². The van der Waals surface area contributed by atoms with Gasteiger partial charge in [0.1, 0.15) is 5.78 Å². The highest BCUT2D eigenvalue weighted by molar-refractivity contribution is 6.01. The van der Waals surface area contributed by atoms with Crippen LogP contribution < -0.4 is 0 Å². The van der Waals surface area contributed by atoms with Crippen molar-refractivity contribution in [2.45, 2.75) is 59.8 Å². The van der Waals surface area contributed by atoms with E-state index in [-0.39, 0.29) is 28.8 Å². The monoisotopic (exact) mass is 382 g/mol. The van der Waals surface area contributed by atoms with E-state index in [4.69, 9.17) is 0 Å². The van der Waals surface area contributed by atoms with E-state index in [1.165, 1.54) is 11.1 Å². The molecule has 4 nitrogen and oxygen atoms in total. The van der Waals surface area contributed by atoms with E-state index >= 15 is 0 Å². The van der Waals surface area contributed by atoms with Gasteiger partial charge in [0.25, 0.3) is 0 Å². The van der Waals surface area contributed by atoms with Crippen molar-refractivity contribution in [3.05, 3.63) is 35.5 Å². The third-order valence-corrected chi connectivity index (χ3v) is 8.77. The Hall–Kier alpha value is -1.97. The molecule has 4 heteroatoms. The highest BCUT2D eigenvalue weighted by Gasteiger charge is 2.64. The SMILES string of the molecule is CC(=O)C1(CC(=O)O)CCC2C3CC(C)C4=CC(=O)C=CC4(C)C3=CCC21C. The predicted octanol–water partition coefficient (Wildman–Crippen LogP) is 4.51. The summed E-state index contributed by atoms with van der Waals surface area (Å²) in [6.07, 6.45) is 11.0. The second-order valence-corrected chi connectivity index (χ2v) is 9.92. The molecular formula is C24H30O4. The maximum Gasteiger partial charge on any atom is 0.304 e. The van der Waals surface area contributed by atoms with Gasteiger partial charge in [-0.2, -0.15) is 0 Å². The Labute approximate surface area is 166 Å². The van der Waals surface area contributed by atoms with Gasteiger partial charge in [0.05, 0.1) is 6.42 Å². The van der Waals surface area contributed by atoms with Gasteiger partial charge >= 0.3 is 5.97 Å². The molecule has 6 unspecified atom stereocenters. The Morgan fingerprint density at radius 3 is 2.61 bits per heavy atom. The fraction of sp³-hybridized carbons (Fsp3) is 0.625. The van der Waals surface area contributed by atoms with Crippen molar-refractivity contribution in [3.63, 3.8) is 0 Å². The molecule has 0 heterocycles. The number of hydrogen-bond donors (Lipinski definition) is 1. The lowest BCUT2D eigenvalue weighted by atomic mass is 9.47. The van der Waals surface area contributed by atoms with E-state index in [9.17, 15) is 19.5 Å². The van der Waals surface area contributed by atoms with E-state index in [1.807, 2.05) is 6.08 Å². The summed E-state index contributed by atoms with van der Waals surface area (Å²) in [6.45, 7) is 8.14. The minimum atomic E-state index is -0.880. The van der Waals surface area contributed by atoms with E-state index in [2.05, 4.69) is 32.9 Å². The average molecular weight is 383 g/mol. The van der Waals surface area contributed by atoms with Gasteiger partial charge in [-0.25, -0.2) is 0 Å². The van der Waals surface area contributed by atoms with Crippen LogP contribution in [0.5, 0.6) is 0 Å². The lowest BCUT2D eigenvalue weighted by molar-refractivity contribution is -0.150. The summed E-state index contributed by atoms with van der Waals surface area (Å²) in [4.78, 5) is 36.4. The van der Waals surface area contributed by atoms with Gasteiger partial charge in [0.15, 0.2) is 5.78 Å². The highest BCUT2D eigenvalue weighted by Crippen LogP contribution is 2.69. The quantitative estimate of drug-likeness (QED) is 0.729. The van der Waals surface area contributed by atoms with Gasteiger partial charge in [-0.1, -0.05) is 31.6 Å². The van der Waals surface area contributed by atoms with Crippen LogP contribution in [0.4, 0.5) is 0 Å². The zero-order valence-electron chi connectivity index (χ0n) is 17.2. The van der Waals surface area contributed by atoms with Gasteiger partial charge in [0, 0.05) is 10.8 Å². The number of aliphatic carboxylic acids is 1. The maximum atomic E-state index is 12.8. The molecule has 2 fully saturated rings. The van der Waals surface area contributed by atoms with Gasteiger partial charge in [0.2, 0.25) is 0 Å². The largest absolute Gasteiger partial charge is 0.481 e. The van der Waals surface area contributed by atoms with Crippen LogP contribution in [-0.2, 0) is 14.4 Å². The summed E-state index contributed by atoms with van der Waals surface area (Å²) in [5, 5.41) is 9.57. The first-order valence-electron chi connectivity index (χ1n) is 10.4. The number of carboxylic acid groups (broad SMARTS) is 1. The smallest absolute Gasteiger partial charge is 0.304 e. The van der Waals surface area contributed by atoms with Gasteiger partial charge < -0.3 is 5.11 Å². The van der Waals surface area contributed by atoms with Crippen molar-refractivity contribution in [3.8, 4) is 0 Å². The molecule has 0 aromatic heterocycles. The third kappa shape index (κ3) is 2.33. The standard InChI is InChI=1S/C24H30O4/c1-14-11-17-18(22(3)8-5-16(26)12-20(14)22)6-9-23(4)19(17)7-10-24(23,15(2)25)13-21(27)28/h5-6,8,12,14,17,19H,7,9-11,13H2,1-4H3,(H,27,28). The summed E-state index contributed by atoms with van der Waals surface area (Å²) >= 11 is 0. The minimum Gasteiger partial charge on any atom is -0.481 e. The molecule has 0 radical (unpaired) electrons. The molecular weight excluding hydrogens is 352 g/mol. The molecule has 0 spiro atoms. The molecule has 4 aliphatic rings. The Balaban J connectivity index is 1.81. The third-order valence-electron chi connectivity index (χ3n) is 8.77. The fourth-order valence-corrected chi connectivity index (χ4v) is 7.30. The van der Waals surface area contributed by atoms with Crippen LogP contribution in [0.25, 0.3) is 0 Å². The average Bonchev–Trinajstić information content (AvgIpc) is 2.90. The number of ketones is 2. The molecule has 0 aromatic carbocycles. The number of rotatable bonds is 3. The van der Waals surface area contributed by atoms with Crippen LogP contribution in [-0.4, -0.2) is 22.6 Å². The molecule has 0 bridgehead atoms. The van der Waals surface area contributed by atoms with E-state index in [0.717, 1.165) is 19.3 Å². The zero-order valence-corrected chi connectivity index (χ0v) is 17.2. The molecule has 0 saturated heterocycles. The molecule has 0 amide bonds. The van der Waals surface area contributed by atoms with Crippen LogP contribution in [0.15, 0.2) is 35.5 Å². The Kier molecular flexibility index (Phi) is 4.16. The Morgan fingerprint density at radius 1 is 1.25 bits per heavy atom. The molecule has 0 aromatic rings. The number of carbonyl (C=O) groups excluding carboxylic acids is 2. The summed E-state index contributed by atoms with van der Waals surface area (Å²) in [5.74, 6) is 0.156. The summed E-state index contributed by atoms with van der Waals surface area (Å²) in [7, 11) is 0. The summed E-state index contributed by atoms with van der Waals surface area (Å²) < 4.78 is 0. The van der Waals surface area contributed by atoms with Crippen molar-refractivity contribution in [1.82, 2.24) is 0 Å². The normalized spacial score (nSPS) is 44.1. The number of carboxylic acids is 1. The van der Waals surface area contributed by atoms with Crippen molar-refractivity contribution < 1.29 is 19.5 Å². The number of hydrogen-bond acceptors (Lipinski definition) is 3. The first kappa shape index (κ1) is 19.4. The zero-order chi connectivity index (χ0) is 20.5. The van der Waals surface area contributed by atoms with E-state index < -0.39 is 11.4 Å². The van der Waals surface area contributed by atoms with Crippen LogP contribution in [0.1, 0.15) is 59.8 Å². The van der Waals surface area contributed by atoms with E-state index in [1.54, 1.807) is 13.0 Å². The molecule has 0 aliphatic heterocycles. The van der Waals surface area contributed by atoms with E-state index in [0.29, 0.717) is 24.2 Å². The first-order valence-corrected chi connectivity index (χ1v) is 10.4. The van der Waals surface area contributed by atoms with Gasteiger partial charge in [-0.15, -0.1) is 0 Å². The molecule has 1 N–H and O–H groups in total. The summed E-state index contributed by atoms with van der Waals surface area (Å²) in [5.41, 5.74) is 1.25.